The van der Waals surface area contributed by atoms with Crippen LogP contribution in [0.4, 0.5) is 0 Å². The summed E-state index contributed by atoms with van der Waals surface area (Å²) in [6.07, 6.45) is 4.57. The van der Waals surface area contributed by atoms with Gasteiger partial charge in [0.15, 0.2) is 0 Å². The van der Waals surface area contributed by atoms with Gasteiger partial charge in [0.05, 0.1) is 16.1 Å². The quantitative estimate of drug-likeness (QED) is 0.710. The van der Waals surface area contributed by atoms with Crippen LogP contribution in [-0.4, -0.2) is 12.5 Å². The maximum atomic E-state index is 11.8. The SMILES string of the molecule is CC(NC(=O)CCCCCCN)c1cccc(Cl)c1Cl. The van der Waals surface area contributed by atoms with Crippen molar-refractivity contribution in [1.29, 1.82) is 0 Å². The average Bonchev–Trinajstić information content (AvgIpc) is 2.41. The van der Waals surface area contributed by atoms with Crippen molar-refractivity contribution in [3.63, 3.8) is 0 Å². The molecule has 0 spiro atoms. The topological polar surface area (TPSA) is 55.1 Å². The summed E-state index contributed by atoms with van der Waals surface area (Å²) in [6.45, 7) is 2.63. The minimum atomic E-state index is -0.141. The lowest BCUT2D eigenvalue weighted by Gasteiger charge is -2.16. The molecule has 0 aromatic heterocycles. The lowest BCUT2D eigenvalue weighted by molar-refractivity contribution is -0.121. The molecule has 20 heavy (non-hydrogen) atoms. The van der Waals surface area contributed by atoms with Crippen molar-refractivity contribution in [1.82, 2.24) is 5.32 Å². The molecule has 3 N–H and O–H groups in total. The van der Waals surface area contributed by atoms with Crippen molar-refractivity contribution in [2.75, 3.05) is 6.54 Å². The van der Waals surface area contributed by atoms with Gasteiger partial charge in [-0.05, 0) is 37.9 Å². The van der Waals surface area contributed by atoms with Crippen molar-refractivity contribution >= 4 is 29.1 Å². The second-order valence-corrected chi connectivity index (χ2v) is 5.67. The minimum Gasteiger partial charge on any atom is -0.350 e. The Balaban J connectivity index is 2.39. The number of benzene rings is 1. The number of unbranched alkanes of at least 4 members (excludes halogenated alkanes) is 3. The summed E-state index contributed by atoms with van der Waals surface area (Å²) in [7, 11) is 0. The number of rotatable bonds is 8. The summed E-state index contributed by atoms with van der Waals surface area (Å²) in [4.78, 5) is 11.8. The van der Waals surface area contributed by atoms with E-state index < -0.39 is 0 Å². The highest BCUT2D eigenvalue weighted by atomic mass is 35.5. The van der Waals surface area contributed by atoms with Crippen LogP contribution in [0.25, 0.3) is 0 Å². The Morgan fingerprint density at radius 1 is 1.25 bits per heavy atom. The third-order valence-electron chi connectivity index (χ3n) is 3.18. The highest BCUT2D eigenvalue weighted by molar-refractivity contribution is 6.42. The largest absolute Gasteiger partial charge is 0.350 e. The molecule has 1 rings (SSSR count). The summed E-state index contributed by atoms with van der Waals surface area (Å²) in [5.41, 5.74) is 6.27. The molecule has 0 aliphatic heterocycles. The zero-order chi connectivity index (χ0) is 15.0. The fourth-order valence-corrected chi connectivity index (χ4v) is 2.50. The maximum Gasteiger partial charge on any atom is 0.220 e. The average molecular weight is 317 g/mol. The highest BCUT2D eigenvalue weighted by Gasteiger charge is 2.13. The maximum absolute atomic E-state index is 11.8. The van der Waals surface area contributed by atoms with E-state index in [-0.39, 0.29) is 11.9 Å². The first kappa shape index (κ1) is 17.3. The molecule has 3 nitrogen and oxygen atoms in total. The molecule has 1 aromatic carbocycles. The lowest BCUT2D eigenvalue weighted by atomic mass is 10.1. The Hall–Kier alpha value is -0.770. The summed E-state index contributed by atoms with van der Waals surface area (Å²) in [5, 5.41) is 3.96. The first-order valence-electron chi connectivity index (χ1n) is 6.99. The van der Waals surface area contributed by atoms with E-state index in [1.165, 1.54) is 0 Å². The van der Waals surface area contributed by atoms with Crippen LogP contribution in [0.15, 0.2) is 18.2 Å². The molecule has 0 fully saturated rings. The lowest BCUT2D eigenvalue weighted by Crippen LogP contribution is -2.26. The van der Waals surface area contributed by atoms with Gasteiger partial charge >= 0.3 is 0 Å². The fourth-order valence-electron chi connectivity index (χ4n) is 2.03. The number of carbonyl (C=O) groups excluding carboxylic acids is 1. The van der Waals surface area contributed by atoms with Crippen molar-refractivity contribution in [3.05, 3.63) is 33.8 Å². The number of hydrogen-bond acceptors (Lipinski definition) is 2. The number of amides is 1. The fraction of sp³-hybridized carbons (Fsp3) is 0.533. The van der Waals surface area contributed by atoms with Crippen LogP contribution in [0.2, 0.25) is 10.0 Å². The van der Waals surface area contributed by atoms with E-state index >= 15 is 0 Å². The van der Waals surface area contributed by atoms with Gasteiger partial charge in [0, 0.05) is 6.42 Å². The van der Waals surface area contributed by atoms with Gasteiger partial charge in [-0.1, -0.05) is 48.2 Å². The summed E-state index contributed by atoms with van der Waals surface area (Å²) in [5.74, 6) is 0.0429. The van der Waals surface area contributed by atoms with E-state index in [0.717, 1.165) is 37.8 Å². The molecule has 0 bridgehead atoms. The van der Waals surface area contributed by atoms with Crippen LogP contribution in [0.1, 0.15) is 50.6 Å². The molecule has 1 unspecified atom stereocenters. The van der Waals surface area contributed by atoms with E-state index in [0.29, 0.717) is 16.5 Å². The summed E-state index contributed by atoms with van der Waals surface area (Å²) in [6, 6.07) is 5.30. The van der Waals surface area contributed by atoms with Crippen molar-refractivity contribution in [2.24, 2.45) is 5.73 Å². The third-order valence-corrected chi connectivity index (χ3v) is 4.02. The Morgan fingerprint density at radius 3 is 2.65 bits per heavy atom. The van der Waals surface area contributed by atoms with Crippen LogP contribution < -0.4 is 11.1 Å². The number of nitrogens with one attached hydrogen (secondary N) is 1. The summed E-state index contributed by atoms with van der Waals surface area (Å²) < 4.78 is 0. The molecule has 5 heteroatoms. The van der Waals surface area contributed by atoms with Crippen LogP contribution in [-0.2, 0) is 4.79 Å². The Morgan fingerprint density at radius 2 is 1.95 bits per heavy atom. The molecule has 1 atom stereocenters. The standard InChI is InChI=1S/C15H22Cl2N2O/c1-11(12-7-6-8-13(16)15(12)17)19-14(20)9-4-2-3-5-10-18/h6-8,11H,2-5,9-10,18H2,1H3,(H,19,20). The van der Waals surface area contributed by atoms with Gasteiger partial charge in [0.25, 0.3) is 0 Å². The normalized spacial score (nSPS) is 12.2. The molecule has 112 valence electrons. The minimum absolute atomic E-state index is 0.0429. The molecule has 1 amide bonds. The van der Waals surface area contributed by atoms with Crippen LogP contribution in [0.3, 0.4) is 0 Å². The second-order valence-electron chi connectivity index (χ2n) is 4.89. The number of hydrogen-bond donors (Lipinski definition) is 2. The van der Waals surface area contributed by atoms with E-state index in [9.17, 15) is 4.79 Å². The van der Waals surface area contributed by atoms with Crippen molar-refractivity contribution in [2.45, 2.75) is 45.1 Å². The number of nitrogens with two attached hydrogens (primary N) is 1. The molecule has 0 radical (unpaired) electrons. The monoisotopic (exact) mass is 316 g/mol. The van der Waals surface area contributed by atoms with E-state index in [4.69, 9.17) is 28.9 Å². The molecular formula is C15H22Cl2N2O. The first-order chi connectivity index (χ1) is 9.56. The van der Waals surface area contributed by atoms with Crippen LogP contribution in [0, 0.1) is 0 Å². The van der Waals surface area contributed by atoms with Crippen LogP contribution in [0.5, 0.6) is 0 Å². The molecule has 0 heterocycles. The smallest absolute Gasteiger partial charge is 0.220 e. The second kappa shape index (κ2) is 9.22. The Kier molecular flexibility index (Phi) is 7.97. The van der Waals surface area contributed by atoms with Crippen molar-refractivity contribution < 1.29 is 4.79 Å². The van der Waals surface area contributed by atoms with Crippen LogP contribution >= 0.6 is 23.2 Å². The molecule has 0 saturated heterocycles. The van der Waals surface area contributed by atoms with Crippen molar-refractivity contribution in [3.8, 4) is 0 Å². The predicted molar refractivity (Wildman–Crippen MR) is 85.2 cm³/mol. The zero-order valence-corrected chi connectivity index (χ0v) is 13.3. The molecular weight excluding hydrogens is 295 g/mol. The first-order valence-corrected chi connectivity index (χ1v) is 7.75. The predicted octanol–water partition coefficient (Wildman–Crippen LogP) is 4.08. The van der Waals surface area contributed by atoms with Gasteiger partial charge in [-0.25, -0.2) is 0 Å². The third kappa shape index (κ3) is 5.70. The van der Waals surface area contributed by atoms with Gasteiger partial charge in [0.2, 0.25) is 5.91 Å². The van der Waals surface area contributed by atoms with Gasteiger partial charge in [0.1, 0.15) is 0 Å². The Labute approximate surface area is 130 Å². The summed E-state index contributed by atoms with van der Waals surface area (Å²) >= 11 is 12.1. The molecule has 0 aliphatic carbocycles. The molecule has 0 aliphatic rings. The Bertz CT molecular complexity index is 438. The molecule has 1 aromatic rings. The van der Waals surface area contributed by atoms with E-state index in [1.54, 1.807) is 6.07 Å². The highest BCUT2D eigenvalue weighted by Crippen LogP contribution is 2.29. The van der Waals surface area contributed by atoms with E-state index in [1.807, 2.05) is 19.1 Å². The number of halogens is 2. The van der Waals surface area contributed by atoms with Gasteiger partial charge in [-0.15, -0.1) is 0 Å². The number of carbonyl (C=O) groups is 1. The molecule has 0 saturated carbocycles. The van der Waals surface area contributed by atoms with Gasteiger partial charge in [-0.3, -0.25) is 4.79 Å². The van der Waals surface area contributed by atoms with Gasteiger partial charge in [-0.2, -0.15) is 0 Å². The van der Waals surface area contributed by atoms with E-state index in [2.05, 4.69) is 5.32 Å². The van der Waals surface area contributed by atoms with Gasteiger partial charge < -0.3 is 11.1 Å². The zero-order valence-electron chi connectivity index (χ0n) is 11.8.